The number of nitrogens with zero attached hydrogens (tertiary/aromatic N) is 4. The summed E-state index contributed by atoms with van der Waals surface area (Å²) < 4.78 is 29.1. The van der Waals surface area contributed by atoms with Crippen LogP contribution in [0.1, 0.15) is 5.56 Å². The summed E-state index contributed by atoms with van der Waals surface area (Å²) in [4.78, 5) is 8.73. The number of hydrogen-bond donors (Lipinski definition) is 0. The minimum atomic E-state index is -0.453. The van der Waals surface area contributed by atoms with Crippen LogP contribution in [-0.4, -0.2) is 46.8 Å². The van der Waals surface area contributed by atoms with E-state index >= 15 is 0 Å². The van der Waals surface area contributed by atoms with Gasteiger partial charge in [-0.1, -0.05) is 6.07 Å². The van der Waals surface area contributed by atoms with Crippen molar-refractivity contribution in [1.29, 1.82) is 5.26 Å². The normalized spacial score (nSPS) is 24.4. The molecule has 148 valence electrons. The van der Waals surface area contributed by atoms with Crippen molar-refractivity contribution in [1.82, 2.24) is 14.4 Å². The number of aromatic nitrogens is 2. The first kappa shape index (κ1) is 18.7. The van der Waals surface area contributed by atoms with Crippen LogP contribution in [0, 0.1) is 29.0 Å². The van der Waals surface area contributed by atoms with Crippen LogP contribution >= 0.6 is 23.1 Å². The Kier molecular flexibility index (Phi) is 4.84. The Hall–Kier alpha value is -2.31. The van der Waals surface area contributed by atoms with Crippen molar-refractivity contribution in [2.45, 2.75) is 6.10 Å². The highest BCUT2D eigenvalue weighted by Gasteiger charge is 2.42. The zero-order valence-corrected chi connectivity index (χ0v) is 16.8. The summed E-state index contributed by atoms with van der Waals surface area (Å²) in [6.45, 7) is 2.60. The molecule has 5 rings (SSSR count). The van der Waals surface area contributed by atoms with Crippen molar-refractivity contribution in [3.63, 3.8) is 0 Å². The molecule has 3 aromatic rings. The zero-order chi connectivity index (χ0) is 20.0. The van der Waals surface area contributed by atoms with Gasteiger partial charge in [0.05, 0.1) is 30.4 Å². The molecule has 2 bridgehead atoms. The van der Waals surface area contributed by atoms with Gasteiger partial charge in [-0.05, 0) is 23.9 Å². The van der Waals surface area contributed by atoms with E-state index in [0.717, 1.165) is 4.70 Å². The van der Waals surface area contributed by atoms with Crippen molar-refractivity contribution in [3.05, 3.63) is 41.3 Å². The number of nitriles is 1. The topological polar surface area (TPSA) is 71.3 Å². The molecule has 0 aliphatic carbocycles. The van der Waals surface area contributed by atoms with Gasteiger partial charge in [0.2, 0.25) is 5.88 Å². The minimum Gasteiger partial charge on any atom is -0.472 e. The summed E-state index contributed by atoms with van der Waals surface area (Å²) in [5, 5.41) is 10.8. The largest absolute Gasteiger partial charge is 0.472 e. The molecule has 1 aromatic carbocycles. The molecule has 6 nitrogen and oxygen atoms in total. The average Bonchev–Trinajstić information content (AvgIpc) is 3.13. The first-order chi connectivity index (χ1) is 14.1. The molecular formula is C20H16ClFN4O2S. The first-order valence-electron chi connectivity index (χ1n) is 9.21. The monoisotopic (exact) mass is 430 g/mol. The molecule has 2 aliphatic heterocycles. The average molecular weight is 431 g/mol. The van der Waals surface area contributed by atoms with Crippen LogP contribution in [0.5, 0.6) is 5.88 Å². The summed E-state index contributed by atoms with van der Waals surface area (Å²) >= 11 is 7.65. The van der Waals surface area contributed by atoms with Gasteiger partial charge in [0.25, 0.3) is 0 Å². The lowest BCUT2D eigenvalue weighted by atomic mass is 9.86. The Morgan fingerprint density at radius 1 is 1.24 bits per heavy atom. The maximum Gasteiger partial charge on any atom is 0.235 e. The van der Waals surface area contributed by atoms with Gasteiger partial charge >= 0.3 is 0 Å². The summed E-state index contributed by atoms with van der Waals surface area (Å²) in [7, 11) is 0. The van der Waals surface area contributed by atoms with Crippen LogP contribution in [0.4, 0.5) is 4.39 Å². The molecule has 2 saturated heterocycles. The molecule has 0 saturated carbocycles. The smallest absolute Gasteiger partial charge is 0.235 e. The van der Waals surface area contributed by atoms with Crippen LogP contribution in [0.3, 0.4) is 0 Å². The highest BCUT2D eigenvalue weighted by atomic mass is 35.5. The molecule has 0 radical (unpaired) electrons. The van der Waals surface area contributed by atoms with Crippen molar-refractivity contribution < 1.29 is 13.9 Å². The molecule has 0 N–H and O–H groups in total. The quantitative estimate of drug-likeness (QED) is 0.588. The van der Waals surface area contributed by atoms with Crippen LogP contribution in [0.25, 0.3) is 21.3 Å². The zero-order valence-electron chi connectivity index (χ0n) is 15.2. The third-order valence-electron chi connectivity index (χ3n) is 5.42. The fourth-order valence-electron chi connectivity index (χ4n) is 4.07. The maximum atomic E-state index is 14.5. The molecule has 2 aliphatic rings. The predicted octanol–water partition coefficient (Wildman–Crippen LogP) is 3.85. The van der Waals surface area contributed by atoms with Crippen LogP contribution in [0.2, 0.25) is 0 Å². The lowest BCUT2D eigenvalue weighted by Gasteiger charge is -2.44. The van der Waals surface area contributed by atoms with Gasteiger partial charge < -0.3 is 9.47 Å². The molecule has 2 atom stereocenters. The van der Waals surface area contributed by atoms with E-state index in [2.05, 4.69) is 9.97 Å². The van der Waals surface area contributed by atoms with E-state index < -0.39 is 5.82 Å². The van der Waals surface area contributed by atoms with Gasteiger partial charge in [-0.25, -0.2) is 18.8 Å². The number of fused-ring (bicyclic) bond motifs is 3. The van der Waals surface area contributed by atoms with Crippen LogP contribution in [0.15, 0.2) is 29.9 Å². The Labute approximate surface area is 175 Å². The van der Waals surface area contributed by atoms with Gasteiger partial charge in [-0.15, -0.1) is 11.3 Å². The number of rotatable bonds is 3. The molecule has 2 unspecified atom stereocenters. The van der Waals surface area contributed by atoms with E-state index in [1.54, 1.807) is 16.6 Å². The van der Waals surface area contributed by atoms with Gasteiger partial charge in [-0.3, -0.25) is 0 Å². The number of ether oxygens (including phenoxy) is 2. The Morgan fingerprint density at radius 3 is 2.76 bits per heavy atom. The fourth-order valence-corrected chi connectivity index (χ4v) is 5.38. The highest BCUT2D eigenvalue weighted by Crippen LogP contribution is 2.39. The number of halogens is 2. The first-order valence-corrected chi connectivity index (χ1v) is 10.4. The Bertz CT molecular complexity index is 1100. The number of piperidine rings is 1. The lowest BCUT2D eigenvalue weighted by Crippen LogP contribution is -2.55. The van der Waals surface area contributed by atoms with Crippen molar-refractivity contribution in [3.8, 4) is 23.1 Å². The second-order valence-corrected chi connectivity index (χ2v) is 8.64. The number of thiophene rings is 1. The van der Waals surface area contributed by atoms with Crippen molar-refractivity contribution in [2.75, 3.05) is 26.3 Å². The fraction of sp³-hybridized carbons (Fsp3) is 0.350. The van der Waals surface area contributed by atoms with Crippen molar-refractivity contribution >= 4 is 33.3 Å². The lowest BCUT2D eigenvalue weighted by molar-refractivity contribution is -0.0990. The molecule has 0 amide bonds. The summed E-state index contributed by atoms with van der Waals surface area (Å²) in [5.74, 6) is 0.386. The summed E-state index contributed by atoms with van der Waals surface area (Å²) in [6.07, 6.45) is 1.41. The highest BCUT2D eigenvalue weighted by molar-refractivity contribution is 7.18. The second kappa shape index (κ2) is 7.50. The molecule has 2 fully saturated rings. The molecule has 9 heteroatoms. The SMILES string of the molecule is N#Cc1ccc(-c2csc3c(OC4C5COCC4CN(Cl)C5)ncnc23)c(F)c1. The van der Waals surface area contributed by atoms with E-state index in [-0.39, 0.29) is 23.5 Å². The van der Waals surface area contributed by atoms with E-state index in [4.69, 9.17) is 26.5 Å². The molecule has 2 aromatic heterocycles. The number of benzene rings is 1. The Morgan fingerprint density at radius 2 is 2.03 bits per heavy atom. The molecule has 29 heavy (non-hydrogen) atoms. The second-order valence-electron chi connectivity index (χ2n) is 7.28. The predicted molar refractivity (Wildman–Crippen MR) is 107 cm³/mol. The number of hydrogen-bond acceptors (Lipinski definition) is 7. The molecular weight excluding hydrogens is 415 g/mol. The third kappa shape index (κ3) is 3.34. The van der Waals surface area contributed by atoms with Crippen LogP contribution in [-0.2, 0) is 4.74 Å². The van der Waals surface area contributed by atoms with E-state index in [1.165, 1.54) is 23.7 Å². The third-order valence-corrected chi connectivity index (χ3v) is 6.65. The van der Waals surface area contributed by atoms with Gasteiger partial charge in [0.1, 0.15) is 22.9 Å². The van der Waals surface area contributed by atoms with Crippen LogP contribution < -0.4 is 4.74 Å². The standard InChI is InChI=1S/C20H16ClFN4O2S/c21-26-5-12-7-27-8-13(6-26)18(12)28-20-19-17(24-10-25-20)15(9-29-19)14-2-1-11(4-23)3-16(14)22/h1-3,9-10,12-13,18H,5-8H2. The van der Waals surface area contributed by atoms with Crippen molar-refractivity contribution in [2.24, 2.45) is 11.8 Å². The van der Waals surface area contributed by atoms with Gasteiger partial charge in [-0.2, -0.15) is 5.26 Å². The summed E-state index contributed by atoms with van der Waals surface area (Å²) in [5.41, 5.74) is 1.99. The molecule has 0 spiro atoms. The Balaban J connectivity index is 1.50. The van der Waals surface area contributed by atoms with Gasteiger partial charge in [0.15, 0.2) is 0 Å². The minimum absolute atomic E-state index is 0.0333. The maximum absolute atomic E-state index is 14.5. The van der Waals surface area contributed by atoms with E-state index in [0.29, 0.717) is 48.8 Å². The molecule has 4 heterocycles. The van der Waals surface area contributed by atoms with Gasteiger partial charge in [0, 0.05) is 41.4 Å². The summed E-state index contributed by atoms with van der Waals surface area (Å²) in [6, 6.07) is 6.39. The van der Waals surface area contributed by atoms with E-state index in [9.17, 15) is 4.39 Å². The van der Waals surface area contributed by atoms with E-state index in [1.807, 2.05) is 11.4 Å².